The molecule has 6 nitrogen and oxygen atoms in total. The Balaban J connectivity index is 2.05. The molecule has 2 rings (SSSR count). The van der Waals surface area contributed by atoms with Crippen LogP contribution in [0.5, 0.6) is 0 Å². The summed E-state index contributed by atoms with van der Waals surface area (Å²) in [6.07, 6.45) is 0.371. The molecular formula is C16H26N2O4. The third-order valence-corrected chi connectivity index (χ3v) is 4.22. The van der Waals surface area contributed by atoms with Gasteiger partial charge < -0.3 is 14.5 Å². The number of nitrogens with zero attached hydrogens (tertiary/aromatic N) is 2. The van der Waals surface area contributed by atoms with Crippen LogP contribution in [0.1, 0.15) is 47.5 Å². The maximum atomic E-state index is 12.2. The fourth-order valence-electron chi connectivity index (χ4n) is 3.29. The molecule has 2 fully saturated rings. The Morgan fingerprint density at radius 2 is 1.91 bits per heavy atom. The average Bonchev–Trinajstić information content (AvgIpc) is 2.64. The lowest BCUT2D eigenvalue weighted by Crippen LogP contribution is -2.57. The highest BCUT2D eigenvalue weighted by atomic mass is 16.6. The van der Waals surface area contributed by atoms with Crippen LogP contribution in [0.2, 0.25) is 0 Å². The number of Topliss-reactive ketones (excluding diaryl/α,β-unsaturated/α-hetero) is 1. The number of hydrogen-bond donors (Lipinski definition) is 0. The highest BCUT2D eigenvalue weighted by Gasteiger charge is 2.45. The van der Waals surface area contributed by atoms with Crippen molar-refractivity contribution in [2.75, 3.05) is 19.6 Å². The van der Waals surface area contributed by atoms with Crippen molar-refractivity contribution < 1.29 is 19.1 Å². The quantitative estimate of drug-likeness (QED) is 0.693. The number of piperidine rings is 1. The van der Waals surface area contributed by atoms with Gasteiger partial charge in [-0.3, -0.25) is 9.59 Å². The van der Waals surface area contributed by atoms with Crippen molar-refractivity contribution in [1.82, 2.24) is 9.80 Å². The molecule has 22 heavy (non-hydrogen) atoms. The van der Waals surface area contributed by atoms with E-state index in [1.165, 1.54) is 0 Å². The van der Waals surface area contributed by atoms with Crippen molar-refractivity contribution >= 4 is 17.8 Å². The van der Waals surface area contributed by atoms with E-state index in [1.54, 1.807) is 9.80 Å². The van der Waals surface area contributed by atoms with Crippen LogP contribution in [0.15, 0.2) is 0 Å². The van der Waals surface area contributed by atoms with E-state index in [0.717, 1.165) is 0 Å². The fourth-order valence-corrected chi connectivity index (χ4v) is 3.29. The zero-order chi connectivity index (χ0) is 16.7. The molecule has 1 atom stereocenters. The Hall–Kier alpha value is -1.59. The number of hydrogen-bond acceptors (Lipinski definition) is 4. The minimum absolute atomic E-state index is 0.00913. The fraction of sp³-hybridized carbons (Fsp3) is 0.812. The molecule has 0 N–H and O–H groups in total. The molecule has 2 amide bonds. The van der Waals surface area contributed by atoms with Gasteiger partial charge in [-0.05, 0) is 27.2 Å². The molecule has 0 bridgehead atoms. The van der Waals surface area contributed by atoms with Crippen LogP contribution < -0.4 is 0 Å². The van der Waals surface area contributed by atoms with E-state index >= 15 is 0 Å². The third-order valence-electron chi connectivity index (χ3n) is 4.22. The Labute approximate surface area is 131 Å². The first kappa shape index (κ1) is 16.8. The minimum atomic E-state index is -0.518. The normalized spacial score (nSPS) is 25.6. The van der Waals surface area contributed by atoms with Crippen molar-refractivity contribution in [1.29, 1.82) is 0 Å². The summed E-state index contributed by atoms with van der Waals surface area (Å²) in [5, 5.41) is 0. The number of rotatable bonds is 1. The lowest BCUT2D eigenvalue weighted by molar-refractivity contribution is -0.133. The second kappa shape index (κ2) is 5.56. The maximum Gasteiger partial charge on any atom is 0.410 e. The topological polar surface area (TPSA) is 66.9 Å². The molecule has 0 radical (unpaired) electrons. The molecule has 6 heteroatoms. The number of ether oxygens (including phenoxy) is 1. The molecule has 1 unspecified atom stereocenters. The van der Waals surface area contributed by atoms with Gasteiger partial charge in [-0.1, -0.05) is 13.8 Å². The summed E-state index contributed by atoms with van der Waals surface area (Å²) in [5.41, 5.74) is -0.787. The van der Waals surface area contributed by atoms with Crippen LogP contribution in [0.4, 0.5) is 4.79 Å². The monoisotopic (exact) mass is 310 g/mol. The van der Waals surface area contributed by atoms with Gasteiger partial charge in [0.15, 0.2) is 5.78 Å². The van der Waals surface area contributed by atoms with Gasteiger partial charge in [0, 0.05) is 24.5 Å². The van der Waals surface area contributed by atoms with Crippen LogP contribution in [0.25, 0.3) is 0 Å². The zero-order valence-electron chi connectivity index (χ0n) is 14.1. The van der Waals surface area contributed by atoms with E-state index in [0.29, 0.717) is 19.5 Å². The Bertz CT molecular complexity index is 493. The molecule has 0 aromatic carbocycles. The van der Waals surface area contributed by atoms with Crippen molar-refractivity contribution in [3.63, 3.8) is 0 Å². The van der Waals surface area contributed by atoms with E-state index in [9.17, 15) is 14.4 Å². The first-order valence-corrected chi connectivity index (χ1v) is 7.79. The van der Waals surface area contributed by atoms with Crippen LogP contribution >= 0.6 is 0 Å². The molecule has 0 saturated carbocycles. The molecule has 2 aliphatic rings. The Kier molecular flexibility index (Phi) is 4.24. The van der Waals surface area contributed by atoms with Crippen LogP contribution in [-0.2, 0) is 14.3 Å². The Morgan fingerprint density at radius 1 is 1.27 bits per heavy atom. The standard InChI is InChI=1S/C16H26N2O4/c1-15(2,3)22-14(21)17-7-6-12(16(4,5)10-17)18-9-11(19)8-13(18)20/h12H,6-10H2,1-5H3. The molecule has 2 saturated heterocycles. The molecular weight excluding hydrogens is 284 g/mol. The van der Waals surface area contributed by atoms with Gasteiger partial charge >= 0.3 is 6.09 Å². The van der Waals surface area contributed by atoms with Gasteiger partial charge in [-0.2, -0.15) is 0 Å². The first-order chi connectivity index (χ1) is 9.99. The minimum Gasteiger partial charge on any atom is -0.444 e. The molecule has 0 aromatic rings. The van der Waals surface area contributed by atoms with Gasteiger partial charge in [0.1, 0.15) is 5.60 Å². The van der Waals surface area contributed by atoms with E-state index in [2.05, 4.69) is 0 Å². The highest BCUT2D eigenvalue weighted by Crippen LogP contribution is 2.35. The predicted octanol–water partition coefficient (Wildman–Crippen LogP) is 1.82. The van der Waals surface area contributed by atoms with Crippen molar-refractivity contribution in [3.05, 3.63) is 0 Å². The summed E-state index contributed by atoms with van der Waals surface area (Å²) in [6.45, 7) is 10.9. The summed E-state index contributed by atoms with van der Waals surface area (Å²) < 4.78 is 5.42. The second-order valence-corrected chi connectivity index (χ2v) is 7.93. The second-order valence-electron chi connectivity index (χ2n) is 7.93. The molecule has 0 aromatic heterocycles. The maximum absolute atomic E-state index is 12.2. The predicted molar refractivity (Wildman–Crippen MR) is 81.3 cm³/mol. The summed E-state index contributed by atoms with van der Waals surface area (Å²) in [7, 11) is 0. The SMILES string of the molecule is CC(C)(C)OC(=O)N1CCC(N2CC(=O)CC2=O)C(C)(C)C1. The van der Waals surface area contributed by atoms with Crippen LogP contribution in [0, 0.1) is 5.41 Å². The number of ketones is 1. The number of amides is 2. The van der Waals surface area contributed by atoms with Gasteiger partial charge in [-0.25, -0.2) is 4.79 Å². The van der Waals surface area contributed by atoms with Gasteiger partial charge in [-0.15, -0.1) is 0 Å². The summed E-state index contributed by atoms with van der Waals surface area (Å²) in [4.78, 5) is 39.1. The highest BCUT2D eigenvalue weighted by molar-refractivity contribution is 6.05. The smallest absolute Gasteiger partial charge is 0.410 e. The van der Waals surface area contributed by atoms with Crippen LogP contribution in [-0.4, -0.2) is 58.9 Å². The summed E-state index contributed by atoms with van der Waals surface area (Å²) in [6, 6.07) is -0.00913. The zero-order valence-corrected chi connectivity index (χ0v) is 14.1. The number of likely N-dealkylation sites (tertiary alicyclic amines) is 2. The average molecular weight is 310 g/mol. The van der Waals surface area contributed by atoms with Crippen LogP contribution in [0.3, 0.4) is 0 Å². The lowest BCUT2D eigenvalue weighted by atomic mass is 9.78. The van der Waals surface area contributed by atoms with Crippen molar-refractivity contribution in [3.8, 4) is 0 Å². The molecule has 124 valence electrons. The van der Waals surface area contributed by atoms with Gasteiger partial charge in [0.2, 0.25) is 5.91 Å². The lowest BCUT2D eigenvalue weighted by Gasteiger charge is -2.47. The van der Waals surface area contributed by atoms with Gasteiger partial charge in [0.25, 0.3) is 0 Å². The number of carbonyl (C=O) groups is 3. The van der Waals surface area contributed by atoms with Crippen molar-refractivity contribution in [2.24, 2.45) is 5.41 Å². The molecule has 0 spiro atoms. The molecule has 2 aliphatic heterocycles. The number of carbonyl (C=O) groups excluding carboxylic acids is 3. The summed E-state index contributed by atoms with van der Waals surface area (Å²) in [5.74, 6) is -0.107. The largest absolute Gasteiger partial charge is 0.444 e. The van der Waals surface area contributed by atoms with Crippen molar-refractivity contribution in [2.45, 2.75) is 59.1 Å². The molecule has 0 aliphatic carbocycles. The van der Waals surface area contributed by atoms with E-state index < -0.39 is 5.60 Å². The van der Waals surface area contributed by atoms with E-state index in [4.69, 9.17) is 4.74 Å². The van der Waals surface area contributed by atoms with E-state index in [-0.39, 0.29) is 42.2 Å². The first-order valence-electron chi connectivity index (χ1n) is 7.79. The Morgan fingerprint density at radius 3 is 2.36 bits per heavy atom. The van der Waals surface area contributed by atoms with Gasteiger partial charge in [0.05, 0.1) is 13.0 Å². The summed E-state index contributed by atoms with van der Waals surface area (Å²) >= 11 is 0. The van der Waals surface area contributed by atoms with E-state index in [1.807, 2.05) is 34.6 Å². The third kappa shape index (κ3) is 3.59. The molecule has 2 heterocycles.